The van der Waals surface area contributed by atoms with E-state index in [2.05, 4.69) is 27.9 Å². The topological polar surface area (TPSA) is 56.7 Å². The lowest BCUT2D eigenvalue weighted by molar-refractivity contribution is -0.157. The van der Waals surface area contributed by atoms with Gasteiger partial charge in [-0.15, -0.1) is 0 Å². The summed E-state index contributed by atoms with van der Waals surface area (Å²) in [5.74, 6) is -0.651. The van der Waals surface area contributed by atoms with Crippen LogP contribution < -0.4 is 4.90 Å². The Bertz CT molecular complexity index is 773. The Morgan fingerprint density at radius 1 is 1.29 bits per heavy atom. The number of rotatable bonds is 2. The van der Waals surface area contributed by atoms with Crippen LogP contribution in [-0.4, -0.2) is 53.7 Å². The van der Waals surface area contributed by atoms with Crippen molar-refractivity contribution >= 4 is 22.6 Å². The minimum Gasteiger partial charge on any atom is -0.481 e. The summed E-state index contributed by atoms with van der Waals surface area (Å²) in [7, 11) is 2.07. The first-order chi connectivity index (χ1) is 11.6. The normalized spacial score (nSPS) is 27.9. The number of piperidine rings is 2. The minimum absolute atomic E-state index is 0.133. The highest BCUT2D eigenvalue weighted by Crippen LogP contribution is 2.43. The van der Waals surface area contributed by atoms with Gasteiger partial charge in [0.1, 0.15) is 5.41 Å². The van der Waals surface area contributed by atoms with E-state index in [1.807, 2.05) is 30.5 Å². The molecule has 0 saturated carbocycles. The molecule has 3 heterocycles. The monoisotopic (exact) mass is 325 g/mol. The molecule has 2 aliphatic heterocycles. The van der Waals surface area contributed by atoms with Crippen LogP contribution in [0.2, 0.25) is 0 Å². The molecule has 0 amide bonds. The average molecular weight is 325 g/mol. The first kappa shape index (κ1) is 15.4. The number of carboxylic acid groups (broad SMARTS) is 1. The van der Waals surface area contributed by atoms with Gasteiger partial charge in [-0.25, -0.2) is 0 Å². The van der Waals surface area contributed by atoms with E-state index >= 15 is 0 Å². The third-order valence-electron chi connectivity index (χ3n) is 5.84. The number of likely N-dealkylation sites (tertiary alicyclic amines) is 1. The van der Waals surface area contributed by atoms with Gasteiger partial charge < -0.3 is 14.9 Å². The molecule has 0 bridgehead atoms. The van der Waals surface area contributed by atoms with Crippen LogP contribution >= 0.6 is 0 Å². The Hall–Kier alpha value is -2.14. The maximum absolute atomic E-state index is 12.2. The zero-order chi connectivity index (χ0) is 16.7. The van der Waals surface area contributed by atoms with Crippen LogP contribution in [0.5, 0.6) is 0 Å². The van der Waals surface area contributed by atoms with Crippen molar-refractivity contribution in [1.82, 2.24) is 9.88 Å². The van der Waals surface area contributed by atoms with Crippen molar-refractivity contribution in [2.75, 3.05) is 31.6 Å². The second kappa shape index (κ2) is 5.74. The Balaban J connectivity index is 1.74. The fraction of sp³-hybridized carbons (Fsp3) is 0.474. The second-order valence-corrected chi connectivity index (χ2v) is 7.12. The van der Waals surface area contributed by atoms with Crippen molar-refractivity contribution in [2.24, 2.45) is 5.41 Å². The first-order valence-electron chi connectivity index (χ1n) is 8.64. The number of aliphatic carboxylic acids is 1. The molecule has 126 valence electrons. The Morgan fingerprint density at radius 2 is 2.12 bits per heavy atom. The summed E-state index contributed by atoms with van der Waals surface area (Å²) in [6.07, 6.45) is 4.42. The number of aromatic nitrogens is 1. The molecule has 24 heavy (non-hydrogen) atoms. The number of pyridine rings is 1. The summed E-state index contributed by atoms with van der Waals surface area (Å²) in [5.41, 5.74) is 1.39. The molecule has 2 atom stereocenters. The highest BCUT2D eigenvalue weighted by molar-refractivity contribution is 5.92. The van der Waals surface area contributed by atoms with Gasteiger partial charge in [-0.2, -0.15) is 0 Å². The lowest BCUT2D eigenvalue weighted by Crippen LogP contribution is -2.63. The van der Waals surface area contributed by atoms with Crippen LogP contribution in [0.1, 0.15) is 19.3 Å². The zero-order valence-corrected chi connectivity index (χ0v) is 14.0. The van der Waals surface area contributed by atoms with Gasteiger partial charge >= 0.3 is 5.97 Å². The molecule has 2 fully saturated rings. The number of carbonyl (C=O) groups is 1. The van der Waals surface area contributed by atoms with E-state index in [4.69, 9.17) is 0 Å². The molecule has 2 aromatic rings. The van der Waals surface area contributed by atoms with E-state index in [1.165, 1.54) is 0 Å². The van der Waals surface area contributed by atoms with Gasteiger partial charge in [0.25, 0.3) is 0 Å². The lowest BCUT2D eigenvalue weighted by atomic mass is 9.69. The summed E-state index contributed by atoms with van der Waals surface area (Å²) >= 11 is 0. The van der Waals surface area contributed by atoms with Gasteiger partial charge in [-0.3, -0.25) is 9.78 Å². The maximum atomic E-state index is 12.2. The number of hydrogen-bond donors (Lipinski definition) is 1. The molecular weight excluding hydrogens is 302 g/mol. The van der Waals surface area contributed by atoms with Crippen LogP contribution in [0.15, 0.2) is 36.5 Å². The molecular formula is C19H23N3O2. The molecule has 5 nitrogen and oxygen atoms in total. The first-order valence-corrected chi connectivity index (χ1v) is 8.64. The summed E-state index contributed by atoms with van der Waals surface area (Å²) in [6.45, 7) is 2.46. The Kier molecular flexibility index (Phi) is 3.68. The largest absolute Gasteiger partial charge is 0.481 e. The fourth-order valence-electron chi connectivity index (χ4n) is 4.65. The maximum Gasteiger partial charge on any atom is 0.313 e. The average Bonchev–Trinajstić information content (AvgIpc) is 2.61. The molecule has 5 heteroatoms. The summed E-state index contributed by atoms with van der Waals surface area (Å²) in [6, 6.07) is 10.2. The molecule has 4 rings (SSSR count). The molecule has 2 saturated heterocycles. The van der Waals surface area contributed by atoms with Crippen molar-refractivity contribution in [3.8, 4) is 0 Å². The van der Waals surface area contributed by atoms with Crippen LogP contribution in [0.25, 0.3) is 10.9 Å². The number of nitrogens with zero attached hydrogens (tertiary/aromatic N) is 3. The SMILES string of the molecule is CN1CCC[C@]2(C(=O)O)CN(c3ccnc4ccccc34)CC[C@@H]12. The second-order valence-electron chi connectivity index (χ2n) is 7.12. The van der Waals surface area contributed by atoms with E-state index in [0.717, 1.165) is 48.9 Å². The minimum atomic E-state index is -0.671. The smallest absolute Gasteiger partial charge is 0.313 e. The fourth-order valence-corrected chi connectivity index (χ4v) is 4.65. The van der Waals surface area contributed by atoms with E-state index in [0.29, 0.717) is 6.54 Å². The molecule has 0 unspecified atom stereocenters. The van der Waals surface area contributed by atoms with Crippen molar-refractivity contribution in [2.45, 2.75) is 25.3 Å². The van der Waals surface area contributed by atoms with Crippen molar-refractivity contribution in [1.29, 1.82) is 0 Å². The summed E-state index contributed by atoms with van der Waals surface area (Å²) < 4.78 is 0. The van der Waals surface area contributed by atoms with Gasteiger partial charge in [-0.05, 0) is 45.0 Å². The Morgan fingerprint density at radius 3 is 2.96 bits per heavy atom. The van der Waals surface area contributed by atoms with Crippen molar-refractivity contribution in [3.05, 3.63) is 36.5 Å². The van der Waals surface area contributed by atoms with Crippen LogP contribution in [0, 0.1) is 5.41 Å². The predicted molar refractivity (Wildman–Crippen MR) is 94.3 cm³/mol. The lowest BCUT2D eigenvalue weighted by Gasteiger charge is -2.52. The predicted octanol–water partition coefficient (Wildman–Crippen LogP) is 2.61. The van der Waals surface area contributed by atoms with Gasteiger partial charge in [0, 0.05) is 36.4 Å². The number of para-hydroxylation sites is 1. The van der Waals surface area contributed by atoms with Crippen molar-refractivity contribution in [3.63, 3.8) is 0 Å². The van der Waals surface area contributed by atoms with E-state index in [9.17, 15) is 9.90 Å². The van der Waals surface area contributed by atoms with Gasteiger partial charge in [0.15, 0.2) is 0 Å². The highest BCUT2D eigenvalue weighted by Gasteiger charge is 2.52. The quantitative estimate of drug-likeness (QED) is 0.920. The number of anilines is 1. The number of fused-ring (bicyclic) bond motifs is 2. The molecule has 0 spiro atoms. The number of carboxylic acids is 1. The summed E-state index contributed by atoms with van der Waals surface area (Å²) in [4.78, 5) is 21.2. The van der Waals surface area contributed by atoms with Gasteiger partial charge in [-0.1, -0.05) is 18.2 Å². The molecule has 1 aromatic heterocycles. The van der Waals surface area contributed by atoms with Gasteiger partial charge in [0.2, 0.25) is 0 Å². The molecule has 1 aromatic carbocycles. The summed E-state index contributed by atoms with van der Waals surface area (Å²) in [5, 5.41) is 11.2. The Labute approximate surface area is 141 Å². The standard InChI is InChI=1S/C19H23N3O2/c1-21-11-4-9-19(18(23)24)13-22(12-8-17(19)21)16-7-10-20-15-6-3-2-5-14(15)16/h2-3,5-7,10,17H,4,8-9,11-13H2,1H3,(H,23,24)/t17-,19+/m1/s1. The van der Waals surface area contributed by atoms with Crippen molar-refractivity contribution < 1.29 is 9.90 Å². The molecule has 0 radical (unpaired) electrons. The third-order valence-corrected chi connectivity index (χ3v) is 5.84. The van der Waals surface area contributed by atoms with Crippen LogP contribution in [0.4, 0.5) is 5.69 Å². The zero-order valence-electron chi connectivity index (χ0n) is 14.0. The van der Waals surface area contributed by atoms with E-state index in [-0.39, 0.29) is 6.04 Å². The van der Waals surface area contributed by atoms with Crippen LogP contribution in [-0.2, 0) is 4.79 Å². The molecule has 2 aliphatic rings. The van der Waals surface area contributed by atoms with E-state index in [1.54, 1.807) is 0 Å². The highest BCUT2D eigenvalue weighted by atomic mass is 16.4. The van der Waals surface area contributed by atoms with Crippen LogP contribution in [0.3, 0.4) is 0 Å². The van der Waals surface area contributed by atoms with Gasteiger partial charge in [0.05, 0.1) is 5.52 Å². The third kappa shape index (κ3) is 2.26. The molecule has 1 N–H and O–H groups in total. The number of hydrogen-bond acceptors (Lipinski definition) is 4. The van der Waals surface area contributed by atoms with E-state index < -0.39 is 11.4 Å². The number of benzene rings is 1. The molecule has 0 aliphatic carbocycles.